The monoisotopic (exact) mass is 398 g/mol. The van der Waals surface area contributed by atoms with Crippen LogP contribution in [-0.4, -0.2) is 15.2 Å². The van der Waals surface area contributed by atoms with Crippen LogP contribution in [0.15, 0.2) is 22.7 Å². The maximum atomic E-state index is 9.96. The second-order valence-corrected chi connectivity index (χ2v) is 6.91. The van der Waals surface area contributed by atoms with Gasteiger partial charge in [0, 0.05) is 9.49 Å². The predicted molar refractivity (Wildman–Crippen MR) is 89.2 cm³/mol. The average molecular weight is 398 g/mol. The summed E-state index contributed by atoms with van der Waals surface area (Å²) in [5.74, 6) is 1.80. The summed E-state index contributed by atoms with van der Waals surface area (Å²) in [4.78, 5) is 4.54. The quantitative estimate of drug-likeness (QED) is 0.733. The Balaban J connectivity index is 1.83. The SMILES string of the molecule is Oc1ccc(I)cc1-c1nc(C2CCCCCCC2)no1. The molecule has 0 aliphatic heterocycles. The molecule has 1 aromatic heterocycles. The maximum Gasteiger partial charge on any atom is 0.261 e. The molecule has 2 aromatic rings. The van der Waals surface area contributed by atoms with Crippen LogP contribution in [-0.2, 0) is 0 Å². The first kappa shape index (κ1) is 14.8. The molecule has 0 unspecified atom stereocenters. The van der Waals surface area contributed by atoms with E-state index in [1.165, 1.54) is 32.1 Å². The van der Waals surface area contributed by atoms with E-state index in [0.717, 1.165) is 22.2 Å². The minimum atomic E-state index is 0.184. The molecule has 1 saturated carbocycles. The van der Waals surface area contributed by atoms with Crippen molar-refractivity contribution in [1.29, 1.82) is 0 Å². The molecule has 0 radical (unpaired) electrons. The summed E-state index contributed by atoms with van der Waals surface area (Å²) in [5, 5.41) is 14.1. The lowest BCUT2D eigenvalue weighted by Gasteiger charge is -2.15. The van der Waals surface area contributed by atoms with Gasteiger partial charge in [0.1, 0.15) is 5.75 Å². The Hall–Kier alpha value is -1.11. The Labute approximate surface area is 138 Å². The van der Waals surface area contributed by atoms with Gasteiger partial charge in [0.2, 0.25) is 0 Å². The fourth-order valence-corrected chi connectivity index (χ4v) is 3.40. The molecule has 0 bridgehead atoms. The summed E-state index contributed by atoms with van der Waals surface area (Å²) in [7, 11) is 0. The molecule has 1 fully saturated rings. The Morgan fingerprint density at radius 3 is 2.57 bits per heavy atom. The molecular weight excluding hydrogens is 379 g/mol. The number of aromatic nitrogens is 2. The van der Waals surface area contributed by atoms with E-state index in [1.54, 1.807) is 6.07 Å². The first-order chi connectivity index (χ1) is 10.2. The molecule has 1 aliphatic rings. The van der Waals surface area contributed by atoms with Gasteiger partial charge in [-0.2, -0.15) is 4.98 Å². The number of hydrogen-bond acceptors (Lipinski definition) is 4. The van der Waals surface area contributed by atoms with Crippen molar-refractivity contribution in [2.24, 2.45) is 0 Å². The zero-order chi connectivity index (χ0) is 14.7. The maximum absolute atomic E-state index is 9.96. The van der Waals surface area contributed by atoms with E-state index in [4.69, 9.17) is 4.52 Å². The van der Waals surface area contributed by atoms with Crippen molar-refractivity contribution in [3.63, 3.8) is 0 Å². The number of halogens is 1. The summed E-state index contributed by atoms with van der Waals surface area (Å²) < 4.78 is 6.42. The number of phenols is 1. The van der Waals surface area contributed by atoms with Gasteiger partial charge in [-0.05, 0) is 53.6 Å². The number of aromatic hydroxyl groups is 1. The van der Waals surface area contributed by atoms with Crippen LogP contribution in [0, 0.1) is 3.57 Å². The van der Waals surface area contributed by atoms with Gasteiger partial charge < -0.3 is 9.63 Å². The van der Waals surface area contributed by atoms with E-state index in [0.29, 0.717) is 17.4 Å². The van der Waals surface area contributed by atoms with Gasteiger partial charge in [0.05, 0.1) is 5.56 Å². The predicted octanol–water partition coefficient (Wildman–Crippen LogP) is 4.87. The second-order valence-electron chi connectivity index (χ2n) is 5.66. The van der Waals surface area contributed by atoms with E-state index >= 15 is 0 Å². The number of phenolic OH excluding ortho intramolecular Hbond substituents is 1. The highest BCUT2D eigenvalue weighted by Crippen LogP contribution is 2.33. The van der Waals surface area contributed by atoms with Crippen molar-refractivity contribution in [3.05, 3.63) is 27.6 Å². The minimum Gasteiger partial charge on any atom is -0.507 e. The molecule has 112 valence electrons. The van der Waals surface area contributed by atoms with Crippen molar-refractivity contribution in [2.45, 2.75) is 50.9 Å². The summed E-state index contributed by atoms with van der Waals surface area (Å²) in [6.45, 7) is 0. The summed E-state index contributed by atoms with van der Waals surface area (Å²) in [6.07, 6.45) is 8.71. The van der Waals surface area contributed by atoms with Gasteiger partial charge in [0.15, 0.2) is 5.82 Å². The van der Waals surface area contributed by atoms with E-state index in [-0.39, 0.29) is 5.75 Å². The highest BCUT2D eigenvalue weighted by molar-refractivity contribution is 14.1. The average Bonchev–Trinajstić information content (AvgIpc) is 2.90. The Kier molecular flexibility index (Phi) is 4.77. The molecule has 0 saturated heterocycles. The molecule has 21 heavy (non-hydrogen) atoms. The molecular formula is C16H19IN2O2. The Morgan fingerprint density at radius 2 is 1.81 bits per heavy atom. The Bertz CT molecular complexity index is 604. The molecule has 1 N–H and O–H groups in total. The van der Waals surface area contributed by atoms with Crippen LogP contribution in [0.2, 0.25) is 0 Å². The lowest BCUT2D eigenvalue weighted by Crippen LogP contribution is -2.04. The van der Waals surface area contributed by atoms with Crippen LogP contribution in [0.3, 0.4) is 0 Å². The van der Waals surface area contributed by atoms with Gasteiger partial charge in [-0.1, -0.05) is 37.3 Å². The van der Waals surface area contributed by atoms with Crippen LogP contribution in [0.4, 0.5) is 0 Å². The molecule has 3 rings (SSSR count). The fourth-order valence-electron chi connectivity index (χ4n) is 2.90. The van der Waals surface area contributed by atoms with Gasteiger partial charge in [-0.15, -0.1) is 0 Å². The molecule has 4 nitrogen and oxygen atoms in total. The lowest BCUT2D eigenvalue weighted by atomic mass is 9.91. The number of hydrogen-bond donors (Lipinski definition) is 1. The molecule has 1 aromatic carbocycles. The zero-order valence-corrected chi connectivity index (χ0v) is 14.0. The fraction of sp³-hybridized carbons (Fsp3) is 0.500. The Morgan fingerprint density at radius 1 is 1.10 bits per heavy atom. The highest BCUT2D eigenvalue weighted by Gasteiger charge is 2.21. The third-order valence-corrected chi connectivity index (χ3v) is 4.77. The second kappa shape index (κ2) is 6.77. The van der Waals surface area contributed by atoms with Gasteiger partial charge in [-0.25, -0.2) is 0 Å². The molecule has 5 heteroatoms. The van der Waals surface area contributed by atoms with E-state index in [2.05, 4.69) is 32.7 Å². The third kappa shape index (κ3) is 3.56. The van der Waals surface area contributed by atoms with Crippen molar-refractivity contribution in [1.82, 2.24) is 10.1 Å². The number of nitrogens with zero attached hydrogens (tertiary/aromatic N) is 2. The van der Waals surface area contributed by atoms with Crippen molar-refractivity contribution in [2.75, 3.05) is 0 Å². The van der Waals surface area contributed by atoms with Crippen molar-refractivity contribution < 1.29 is 9.63 Å². The lowest BCUT2D eigenvalue weighted by molar-refractivity contribution is 0.391. The standard InChI is InChI=1S/C16H19IN2O2/c17-12-8-9-14(20)13(10-12)16-18-15(19-21-16)11-6-4-2-1-3-5-7-11/h8-11,20H,1-7H2. The van der Waals surface area contributed by atoms with E-state index in [9.17, 15) is 5.11 Å². The van der Waals surface area contributed by atoms with Gasteiger partial charge in [0.25, 0.3) is 5.89 Å². The highest BCUT2D eigenvalue weighted by atomic mass is 127. The van der Waals surface area contributed by atoms with Crippen LogP contribution < -0.4 is 0 Å². The van der Waals surface area contributed by atoms with Crippen LogP contribution >= 0.6 is 22.6 Å². The topological polar surface area (TPSA) is 59.2 Å². The first-order valence-corrected chi connectivity index (χ1v) is 8.64. The smallest absolute Gasteiger partial charge is 0.261 e. The number of rotatable bonds is 2. The minimum absolute atomic E-state index is 0.184. The van der Waals surface area contributed by atoms with Crippen molar-refractivity contribution in [3.8, 4) is 17.2 Å². The molecule has 1 aliphatic carbocycles. The van der Waals surface area contributed by atoms with Gasteiger partial charge >= 0.3 is 0 Å². The summed E-state index contributed by atoms with van der Waals surface area (Å²) >= 11 is 2.21. The molecule has 1 heterocycles. The third-order valence-electron chi connectivity index (χ3n) is 4.10. The van der Waals surface area contributed by atoms with E-state index in [1.807, 2.05) is 12.1 Å². The molecule has 0 spiro atoms. The molecule has 0 amide bonds. The summed E-state index contributed by atoms with van der Waals surface area (Å²) in [5.41, 5.74) is 0.617. The first-order valence-electron chi connectivity index (χ1n) is 7.56. The normalized spacial score (nSPS) is 17.4. The molecule has 0 atom stereocenters. The van der Waals surface area contributed by atoms with Gasteiger partial charge in [-0.3, -0.25) is 0 Å². The zero-order valence-electron chi connectivity index (χ0n) is 11.9. The number of benzene rings is 1. The summed E-state index contributed by atoms with van der Waals surface area (Å²) in [6, 6.07) is 5.38. The van der Waals surface area contributed by atoms with Crippen molar-refractivity contribution >= 4 is 22.6 Å². The van der Waals surface area contributed by atoms with Crippen LogP contribution in [0.5, 0.6) is 5.75 Å². The van der Waals surface area contributed by atoms with Crippen LogP contribution in [0.25, 0.3) is 11.5 Å². The van der Waals surface area contributed by atoms with Crippen LogP contribution in [0.1, 0.15) is 56.7 Å². The van der Waals surface area contributed by atoms with E-state index < -0.39 is 0 Å². The largest absolute Gasteiger partial charge is 0.507 e.